The second kappa shape index (κ2) is 11.4. The van der Waals surface area contributed by atoms with Crippen molar-refractivity contribution in [3.63, 3.8) is 0 Å². The normalized spacial score (nSPS) is 14.9. The van der Waals surface area contributed by atoms with Crippen molar-refractivity contribution in [2.45, 2.75) is 47.0 Å². The van der Waals surface area contributed by atoms with Gasteiger partial charge in [-0.3, -0.25) is 9.78 Å². The van der Waals surface area contributed by atoms with E-state index in [4.69, 9.17) is 21.1 Å². The van der Waals surface area contributed by atoms with Gasteiger partial charge in [-0.1, -0.05) is 31.5 Å². The first-order valence-electron chi connectivity index (χ1n) is 12.6. The first-order valence-corrected chi connectivity index (χ1v) is 12.9. The second-order valence-corrected chi connectivity index (χ2v) is 10.7. The highest BCUT2D eigenvalue weighted by Gasteiger charge is 2.29. The zero-order valence-electron chi connectivity index (χ0n) is 21.9. The molecule has 1 aliphatic heterocycles. The monoisotopic (exact) mass is 523 g/mol. The van der Waals surface area contributed by atoms with Crippen molar-refractivity contribution in [2.75, 3.05) is 31.2 Å². The number of carboxylic acid groups (broad SMARTS) is 1. The van der Waals surface area contributed by atoms with Gasteiger partial charge in [0, 0.05) is 53.9 Å². The first kappa shape index (κ1) is 26.7. The zero-order valence-corrected chi connectivity index (χ0v) is 22.6. The Balaban J connectivity index is 1.50. The molecule has 0 unspecified atom stereocenters. The predicted octanol–water partition coefficient (Wildman–Crippen LogP) is 6.13. The molecule has 7 nitrogen and oxygen atoms in total. The van der Waals surface area contributed by atoms with Gasteiger partial charge < -0.3 is 19.5 Å². The van der Waals surface area contributed by atoms with E-state index in [1.54, 1.807) is 6.20 Å². The number of pyridine rings is 2. The van der Waals surface area contributed by atoms with Gasteiger partial charge in [0.2, 0.25) is 5.88 Å². The molecule has 0 bridgehead atoms. The molecule has 3 aromatic rings. The van der Waals surface area contributed by atoms with Crippen LogP contribution in [0.2, 0.25) is 5.02 Å². The number of hydrogen-bond acceptors (Lipinski definition) is 6. The Hall–Kier alpha value is -3.32. The van der Waals surface area contributed by atoms with Gasteiger partial charge in [-0.05, 0) is 55.9 Å². The van der Waals surface area contributed by atoms with Gasteiger partial charge in [0.1, 0.15) is 19.0 Å². The van der Waals surface area contributed by atoms with Crippen molar-refractivity contribution in [1.82, 2.24) is 9.97 Å². The molecule has 8 heteroatoms. The third kappa shape index (κ3) is 6.72. The van der Waals surface area contributed by atoms with Crippen LogP contribution in [0.15, 0.2) is 42.7 Å². The number of aryl methyl sites for hydroxylation is 2. The third-order valence-electron chi connectivity index (χ3n) is 6.85. The molecule has 2 aromatic heterocycles. The Morgan fingerprint density at radius 2 is 1.78 bits per heavy atom. The van der Waals surface area contributed by atoms with Crippen LogP contribution in [0.1, 0.15) is 43.5 Å². The summed E-state index contributed by atoms with van der Waals surface area (Å²) in [5.41, 5.74) is 5.56. The number of benzene rings is 1. The van der Waals surface area contributed by atoms with Crippen LogP contribution in [0.5, 0.6) is 11.6 Å². The van der Waals surface area contributed by atoms with Crippen molar-refractivity contribution < 1.29 is 19.4 Å². The van der Waals surface area contributed by atoms with Crippen molar-refractivity contribution in [1.29, 1.82) is 0 Å². The van der Waals surface area contributed by atoms with Gasteiger partial charge in [0.15, 0.2) is 0 Å². The highest BCUT2D eigenvalue weighted by Crippen LogP contribution is 2.40. The predicted molar refractivity (Wildman–Crippen MR) is 146 cm³/mol. The maximum Gasteiger partial charge on any atom is 0.307 e. The molecule has 0 saturated carbocycles. The number of piperidine rings is 1. The van der Waals surface area contributed by atoms with Crippen LogP contribution in [-0.2, 0) is 11.2 Å². The Morgan fingerprint density at radius 1 is 1.05 bits per heavy atom. The van der Waals surface area contributed by atoms with E-state index in [1.165, 1.54) is 0 Å². The number of aromatic nitrogens is 2. The van der Waals surface area contributed by atoms with Crippen LogP contribution >= 0.6 is 11.6 Å². The summed E-state index contributed by atoms with van der Waals surface area (Å²) >= 11 is 6.21. The molecular weight excluding hydrogens is 490 g/mol. The molecule has 196 valence electrons. The maximum absolute atomic E-state index is 11.7. The standard InChI is InChI=1S/C29H34ClN3O4/c1-19-5-7-25(24(30)15-19)36-13-14-37-26-8-6-21(17-32-26)23-18-31-20(2)22(16-27(34)35)28(23)33-11-9-29(3,4)10-12-33/h5-8,15,17-18H,9-14,16H2,1-4H3,(H,34,35). The zero-order chi connectivity index (χ0) is 26.6. The number of aliphatic carboxylic acids is 1. The smallest absolute Gasteiger partial charge is 0.307 e. The van der Waals surface area contributed by atoms with E-state index in [1.807, 2.05) is 50.4 Å². The summed E-state index contributed by atoms with van der Waals surface area (Å²) in [5.74, 6) is 0.239. The highest BCUT2D eigenvalue weighted by atomic mass is 35.5. The molecule has 0 atom stereocenters. The Kier molecular flexibility index (Phi) is 8.22. The second-order valence-electron chi connectivity index (χ2n) is 10.3. The Bertz CT molecular complexity index is 1250. The largest absolute Gasteiger partial charge is 0.488 e. The van der Waals surface area contributed by atoms with Crippen LogP contribution in [0.4, 0.5) is 5.69 Å². The molecule has 1 aliphatic rings. The molecule has 1 saturated heterocycles. The maximum atomic E-state index is 11.7. The van der Waals surface area contributed by atoms with Gasteiger partial charge in [-0.25, -0.2) is 4.98 Å². The van der Waals surface area contributed by atoms with Crippen molar-refractivity contribution >= 4 is 23.3 Å². The summed E-state index contributed by atoms with van der Waals surface area (Å²) in [6.45, 7) is 10.8. The molecule has 0 radical (unpaired) electrons. The minimum atomic E-state index is -0.864. The van der Waals surface area contributed by atoms with Crippen LogP contribution in [0, 0.1) is 19.3 Å². The molecule has 4 rings (SSSR count). The number of ether oxygens (including phenoxy) is 2. The van der Waals surface area contributed by atoms with E-state index in [-0.39, 0.29) is 11.8 Å². The summed E-state index contributed by atoms with van der Waals surface area (Å²) in [6, 6.07) is 9.41. The topological polar surface area (TPSA) is 84.8 Å². The summed E-state index contributed by atoms with van der Waals surface area (Å²) in [6.07, 6.45) is 5.59. The van der Waals surface area contributed by atoms with E-state index in [0.29, 0.717) is 29.9 Å². The summed E-state index contributed by atoms with van der Waals surface area (Å²) in [7, 11) is 0. The van der Waals surface area contributed by atoms with Gasteiger partial charge in [0.25, 0.3) is 0 Å². The molecule has 3 heterocycles. The van der Waals surface area contributed by atoms with Gasteiger partial charge in [-0.15, -0.1) is 0 Å². The first-order chi connectivity index (χ1) is 17.6. The lowest BCUT2D eigenvalue weighted by Crippen LogP contribution is -2.38. The molecule has 1 aromatic carbocycles. The number of rotatable bonds is 9. The molecule has 37 heavy (non-hydrogen) atoms. The van der Waals surface area contributed by atoms with Crippen LogP contribution in [0.25, 0.3) is 11.1 Å². The van der Waals surface area contributed by atoms with E-state index >= 15 is 0 Å². The third-order valence-corrected chi connectivity index (χ3v) is 7.15. The number of nitrogens with zero attached hydrogens (tertiary/aromatic N) is 3. The fourth-order valence-electron chi connectivity index (χ4n) is 4.55. The molecule has 1 N–H and O–H groups in total. The minimum Gasteiger partial charge on any atom is -0.488 e. The van der Waals surface area contributed by atoms with Gasteiger partial charge >= 0.3 is 5.97 Å². The molecule has 0 spiro atoms. The number of carboxylic acids is 1. The fourth-order valence-corrected chi connectivity index (χ4v) is 4.84. The molecular formula is C29H34ClN3O4. The van der Waals surface area contributed by atoms with Crippen LogP contribution < -0.4 is 14.4 Å². The average molecular weight is 524 g/mol. The molecule has 0 amide bonds. The van der Waals surface area contributed by atoms with Crippen molar-refractivity contribution in [2.24, 2.45) is 5.41 Å². The quantitative estimate of drug-likeness (QED) is 0.338. The van der Waals surface area contributed by atoms with Crippen molar-refractivity contribution in [3.05, 3.63) is 64.6 Å². The highest BCUT2D eigenvalue weighted by molar-refractivity contribution is 6.32. The number of hydrogen-bond donors (Lipinski definition) is 1. The SMILES string of the molecule is Cc1ccc(OCCOc2ccc(-c3cnc(C)c(CC(=O)O)c3N3CCC(C)(C)CC3)cn2)c(Cl)c1. The van der Waals surface area contributed by atoms with E-state index in [2.05, 4.69) is 28.7 Å². The summed E-state index contributed by atoms with van der Waals surface area (Å²) < 4.78 is 11.5. The lowest BCUT2D eigenvalue weighted by atomic mass is 9.82. The lowest BCUT2D eigenvalue weighted by molar-refractivity contribution is -0.136. The van der Waals surface area contributed by atoms with E-state index < -0.39 is 5.97 Å². The Morgan fingerprint density at radius 3 is 2.43 bits per heavy atom. The fraction of sp³-hybridized carbons (Fsp3) is 0.414. The summed E-state index contributed by atoms with van der Waals surface area (Å²) in [4.78, 5) is 23.0. The summed E-state index contributed by atoms with van der Waals surface area (Å²) in [5, 5.41) is 10.2. The van der Waals surface area contributed by atoms with Crippen molar-refractivity contribution in [3.8, 4) is 22.8 Å². The minimum absolute atomic E-state index is 0.0679. The van der Waals surface area contributed by atoms with Crippen LogP contribution in [-0.4, -0.2) is 47.3 Å². The Labute approximate surface area is 223 Å². The van der Waals surface area contributed by atoms with Gasteiger partial charge in [-0.2, -0.15) is 0 Å². The van der Waals surface area contributed by atoms with Crippen LogP contribution in [0.3, 0.4) is 0 Å². The molecule has 0 aliphatic carbocycles. The average Bonchev–Trinajstić information content (AvgIpc) is 2.85. The number of halogens is 1. The number of anilines is 1. The van der Waals surface area contributed by atoms with Gasteiger partial charge in [0.05, 0.1) is 17.1 Å². The molecule has 1 fully saturated rings. The van der Waals surface area contributed by atoms with E-state index in [9.17, 15) is 9.90 Å². The number of carbonyl (C=O) groups is 1. The van der Waals surface area contributed by atoms with E-state index in [0.717, 1.165) is 59.6 Å². The lowest BCUT2D eigenvalue weighted by Gasteiger charge is -2.40.